The van der Waals surface area contributed by atoms with Crippen LogP contribution in [-0.2, 0) is 19.3 Å². The molecule has 31 heavy (non-hydrogen) atoms. The van der Waals surface area contributed by atoms with Gasteiger partial charge in [-0.05, 0) is 71.9 Å². The topological polar surface area (TPSA) is 0 Å². The summed E-state index contributed by atoms with van der Waals surface area (Å²) >= 11 is 0. The lowest BCUT2D eigenvalue weighted by molar-refractivity contribution is 0.780. The summed E-state index contributed by atoms with van der Waals surface area (Å²) in [6.07, 6.45) is 10.8. The van der Waals surface area contributed by atoms with Crippen molar-refractivity contribution in [3.63, 3.8) is 0 Å². The van der Waals surface area contributed by atoms with Gasteiger partial charge in [-0.1, -0.05) is 113 Å². The average Bonchev–Trinajstić information content (AvgIpc) is 2.82. The van der Waals surface area contributed by atoms with Crippen LogP contribution in [-0.4, -0.2) is 0 Å². The van der Waals surface area contributed by atoms with E-state index >= 15 is 0 Å². The van der Waals surface area contributed by atoms with Crippen LogP contribution in [0.1, 0.15) is 92.7 Å². The molecule has 0 aliphatic carbocycles. The lowest BCUT2D eigenvalue weighted by Crippen LogP contribution is -2.13. The summed E-state index contributed by atoms with van der Waals surface area (Å²) in [4.78, 5) is 0. The van der Waals surface area contributed by atoms with Crippen molar-refractivity contribution in [2.75, 3.05) is 0 Å². The second-order valence-electron chi connectivity index (χ2n) is 8.66. The highest BCUT2D eigenvalue weighted by Gasteiger charge is 2.24. The van der Waals surface area contributed by atoms with Crippen LogP contribution in [0, 0.1) is 5.92 Å². The Balaban J connectivity index is 2.18. The van der Waals surface area contributed by atoms with Gasteiger partial charge in [0.1, 0.15) is 0 Å². The largest absolute Gasteiger partial charge is 0.0654 e. The summed E-state index contributed by atoms with van der Waals surface area (Å²) in [5.41, 5.74) is 8.70. The van der Waals surface area contributed by atoms with Gasteiger partial charge >= 0.3 is 0 Å². The number of benzene rings is 3. The first kappa shape index (κ1) is 23.3. The minimum Gasteiger partial charge on any atom is -0.0654 e. The van der Waals surface area contributed by atoms with Gasteiger partial charge in [0, 0.05) is 0 Å². The molecule has 0 N–H and O–H groups in total. The zero-order valence-corrected chi connectivity index (χ0v) is 19.8. The highest BCUT2D eigenvalue weighted by Crippen LogP contribution is 2.37. The first-order chi connectivity index (χ1) is 15.3. The van der Waals surface area contributed by atoms with Crippen LogP contribution >= 0.6 is 0 Å². The summed E-state index contributed by atoms with van der Waals surface area (Å²) in [7, 11) is 0. The summed E-state index contributed by atoms with van der Waals surface area (Å²) in [5.74, 6) is 1.44. The van der Waals surface area contributed by atoms with Crippen LogP contribution < -0.4 is 0 Å². The lowest BCUT2D eigenvalue weighted by Gasteiger charge is -2.26. The molecule has 3 rings (SSSR count). The van der Waals surface area contributed by atoms with E-state index in [9.17, 15) is 0 Å². The molecule has 0 saturated carbocycles. The summed E-state index contributed by atoms with van der Waals surface area (Å²) in [5, 5.41) is 0. The zero-order chi connectivity index (χ0) is 21.9. The highest BCUT2D eigenvalue weighted by molar-refractivity contribution is 5.63. The Kier molecular flexibility index (Phi) is 9.40. The fourth-order valence-electron chi connectivity index (χ4n) is 4.48. The van der Waals surface area contributed by atoms with Gasteiger partial charge in [-0.2, -0.15) is 0 Å². The van der Waals surface area contributed by atoms with Crippen LogP contribution in [0.2, 0.25) is 0 Å². The number of unbranched alkanes of at least 4 members (excludes halogenated alkanes) is 3. The molecule has 0 spiro atoms. The van der Waals surface area contributed by atoms with E-state index in [-0.39, 0.29) is 0 Å². The van der Waals surface area contributed by atoms with Crippen LogP contribution in [0.3, 0.4) is 0 Å². The van der Waals surface area contributed by atoms with E-state index in [1.807, 2.05) is 0 Å². The Bertz CT molecular complexity index is 798. The lowest BCUT2D eigenvalue weighted by atomic mass is 9.77. The molecule has 0 aliphatic heterocycles. The van der Waals surface area contributed by atoms with Crippen LogP contribution in [0.15, 0.2) is 72.8 Å². The molecule has 1 radical (unpaired) electrons. The van der Waals surface area contributed by atoms with Crippen molar-refractivity contribution < 1.29 is 0 Å². The molecule has 163 valence electrons. The molecule has 0 atom stereocenters. The standard InChI is InChI=1S/C31H39/c1-4-7-16-25-19-10-13-22-28(25)31(29-23-14-11-20-26(29)17-8-5-2)30-24-15-12-21-27(30)18-9-6-3/h10-15,19-24H,4-9,16-18H2,1-3H3. The zero-order valence-electron chi connectivity index (χ0n) is 19.8. The third-order valence-corrected chi connectivity index (χ3v) is 6.26. The molecule has 0 amide bonds. The number of hydrogen-bond donors (Lipinski definition) is 0. The predicted octanol–water partition coefficient (Wildman–Crippen LogP) is 8.73. The van der Waals surface area contributed by atoms with Crippen molar-refractivity contribution in [2.24, 2.45) is 0 Å². The maximum absolute atomic E-state index is 2.35. The maximum atomic E-state index is 2.35. The van der Waals surface area contributed by atoms with E-state index in [2.05, 4.69) is 93.6 Å². The molecule has 0 aromatic heterocycles. The van der Waals surface area contributed by atoms with Crippen LogP contribution in [0.4, 0.5) is 0 Å². The first-order valence-corrected chi connectivity index (χ1v) is 12.4. The van der Waals surface area contributed by atoms with Crippen molar-refractivity contribution in [2.45, 2.75) is 78.6 Å². The molecule has 0 saturated heterocycles. The third-order valence-electron chi connectivity index (χ3n) is 6.26. The molecule has 3 aromatic rings. The summed E-state index contributed by atoms with van der Waals surface area (Å²) in [6.45, 7) is 6.86. The molecule has 0 fully saturated rings. The highest BCUT2D eigenvalue weighted by atomic mass is 14.3. The Morgan fingerprint density at radius 3 is 1.03 bits per heavy atom. The van der Waals surface area contributed by atoms with Gasteiger partial charge in [-0.25, -0.2) is 0 Å². The van der Waals surface area contributed by atoms with E-state index in [0.29, 0.717) is 0 Å². The van der Waals surface area contributed by atoms with Gasteiger partial charge in [-0.3, -0.25) is 0 Å². The quantitative estimate of drug-likeness (QED) is 0.261. The summed E-state index contributed by atoms with van der Waals surface area (Å²) < 4.78 is 0. The molecule has 0 heterocycles. The molecule has 3 aromatic carbocycles. The van der Waals surface area contributed by atoms with Crippen molar-refractivity contribution in [1.29, 1.82) is 0 Å². The van der Waals surface area contributed by atoms with Gasteiger partial charge < -0.3 is 0 Å². The number of aryl methyl sites for hydroxylation is 3. The molecule has 0 unspecified atom stereocenters. The predicted molar refractivity (Wildman–Crippen MR) is 136 cm³/mol. The van der Waals surface area contributed by atoms with Gasteiger partial charge in [-0.15, -0.1) is 0 Å². The van der Waals surface area contributed by atoms with E-state index in [1.54, 1.807) is 0 Å². The molecule has 0 heteroatoms. The minimum absolute atomic E-state index is 1.14. The molecular formula is C31H39. The van der Waals surface area contributed by atoms with Crippen molar-refractivity contribution in [3.05, 3.63) is 112 Å². The monoisotopic (exact) mass is 411 g/mol. The van der Waals surface area contributed by atoms with Gasteiger partial charge in [0.2, 0.25) is 0 Å². The number of rotatable bonds is 12. The van der Waals surface area contributed by atoms with Crippen molar-refractivity contribution >= 4 is 0 Å². The second kappa shape index (κ2) is 12.5. The minimum atomic E-state index is 1.14. The van der Waals surface area contributed by atoms with E-state index < -0.39 is 0 Å². The first-order valence-electron chi connectivity index (χ1n) is 12.4. The molecule has 0 bridgehead atoms. The number of hydrogen-bond acceptors (Lipinski definition) is 0. The Morgan fingerprint density at radius 2 is 0.742 bits per heavy atom. The SMILES string of the molecule is CCCCc1ccccc1[C](c1ccccc1CCCC)c1ccccc1CCCC. The smallest absolute Gasteiger partial charge is 0.0637 e. The fraction of sp³-hybridized carbons (Fsp3) is 0.387. The second-order valence-corrected chi connectivity index (χ2v) is 8.66. The van der Waals surface area contributed by atoms with Crippen LogP contribution in [0.5, 0.6) is 0 Å². The Morgan fingerprint density at radius 1 is 0.452 bits per heavy atom. The van der Waals surface area contributed by atoms with Gasteiger partial charge in [0.25, 0.3) is 0 Å². The molecule has 0 nitrogen and oxygen atoms in total. The van der Waals surface area contributed by atoms with Gasteiger partial charge in [0.05, 0.1) is 5.92 Å². The normalized spacial score (nSPS) is 11.2. The maximum Gasteiger partial charge on any atom is 0.0637 e. The Labute approximate surface area is 190 Å². The van der Waals surface area contributed by atoms with Crippen molar-refractivity contribution in [1.82, 2.24) is 0 Å². The third kappa shape index (κ3) is 6.10. The van der Waals surface area contributed by atoms with E-state index in [1.165, 1.54) is 77.8 Å². The molecule has 0 aliphatic rings. The molecular weight excluding hydrogens is 372 g/mol. The Hall–Kier alpha value is -2.34. The fourth-order valence-corrected chi connectivity index (χ4v) is 4.48. The van der Waals surface area contributed by atoms with E-state index in [4.69, 9.17) is 0 Å². The van der Waals surface area contributed by atoms with Gasteiger partial charge in [0.15, 0.2) is 0 Å². The average molecular weight is 412 g/mol. The van der Waals surface area contributed by atoms with Crippen LogP contribution in [0.25, 0.3) is 0 Å². The van der Waals surface area contributed by atoms with Crippen molar-refractivity contribution in [3.8, 4) is 0 Å². The van der Waals surface area contributed by atoms with E-state index in [0.717, 1.165) is 19.3 Å². The summed E-state index contributed by atoms with van der Waals surface area (Å²) in [6, 6.07) is 27.4.